The molecule has 0 atom stereocenters. The molecular formula is C18H20O9. The van der Waals surface area contributed by atoms with Crippen molar-refractivity contribution in [3.8, 4) is 11.5 Å². The molecule has 0 amide bonds. The summed E-state index contributed by atoms with van der Waals surface area (Å²) in [6.07, 6.45) is 0. The molecule has 0 spiro atoms. The fourth-order valence-electron chi connectivity index (χ4n) is 2.11. The van der Waals surface area contributed by atoms with Gasteiger partial charge in [0.15, 0.2) is 17.3 Å². The van der Waals surface area contributed by atoms with Crippen molar-refractivity contribution in [1.29, 1.82) is 0 Å². The number of hydrogen-bond donors (Lipinski definition) is 0. The van der Waals surface area contributed by atoms with E-state index in [1.165, 1.54) is 32.0 Å². The van der Waals surface area contributed by atoms with Crippen molar-refractivity contribution in [2.24, 2.45) is 5.92 Å². The molecule has 1 rings (SSSR count). The van der Waals surface area contributed by atoms with E-state index in [1.54, 1.807) is 0 Å². The van der Waals surface area contributed by atoms with Crippen molar-refractivity contribution in [2.75, 3.05) is 13.2 Å². The van der Waals surface area contributed by atoms with Crippen LogP contribution in [0, 0.1) is 5.92 Å². The van der Waals surface area contributed by atoms with Gasteiger partial charge in [0, 0.05) is 13.8 Å². The minimum absolute atomic E-state index is 0.0632. The molecule has 0 aliphatic rings. The molecular weight excluding hydrogens is 360 g/mol. The van der Waals surface area contributed by atoms with Crippen LogP contribution in [0.4, 0.5) is 0 Å². The Kier molecular flexibility index (Phi) is 8.12. The number of hydrogen-bond acceptors (Lipinski definition) is 9. The Morgan fingerprint density at radius 3 is 1.81 bits per heavy atom. The molecule has 27 heavy (non-hydrogen) atoms. The summed E-state index contributed by atoms with van der Waals surface area (Å²) in [6.45, 7) is 5.09. The predicted octanol–water partition coefficient (Wildman–Crippen LogP) is 1.46. The molecule has 9 heteroatoms. The summed E-state index contributed by atoms with van der Waals surface area (Å²) in [7, 11) is 0. The van der Waals surface area contributed by atoms with Gasteiger partial charge in [-0.2, -0.15) is 0 Å². The fourth-order valence-corrected chi connectivity index (χ4v) is 2.11. The van der Waals surface area contributed by atoms with E-state index in [-0.39, 0.29) is 30.3 Å². The van der Waals surface area contributed by atoms with E-state index in [0.717, 1.165) is 13.8 Å². The van der Waals surface area contributed by atoms with Crippen molar-refractivity contribution in [1.82, 2.24) is 0 Å². The van der Waals surface area contributed by atoms with Crippen LogP contribution in [0.15, 0.2) is 18.2 Å². The molecule has 0 bridgehead atoms. The molecule has 0 heterocycles. The van der Waals surface area contributed by atoms with Gasteiger partial charge in [-0.3, -0.25) is 24.0 Å². The quantitative estimate of drug-likeness (QED) is 0.285. The third-order valence-electron chi connectivity index (χ3n) is 3.05. The first-order chi connectivity index (χ1) is 12.7. The van der Waals surface area contributed by atoms with E-state index >= 15 is 0 Å². The summed E-state index contributed by atoms with van der Waals surface area (Å²) >= 11 is 0. The zero-order valence-electron chi connectivity index (χ0n) is 15.4. The second kappa shape index (κ2) is 10.0. The Morgan fingerprint density at radius 1 is 0.852 bits per heavy atom. The van der Waals surface area contributed by atoms with Crippen LogP contribution in [0.1, 0.15) is 38.1 Å². The van der Waals surface area contributed by atoms with Crippen LogP contribution in [0.5, 0.6) is 11.5 Å². The first-order valence-electron chi connectivity index (χ1n) is 8.10. The van der Waals surface area contributed by atoms with Gasteiger partial charge in [-0.1, -0.05) is 6.07 Å². The SMILES string of the molecule is CCOC(=O)C(C(=O)OCC)C(=O)c1cccc(OC(C)=O)c1OC(C)=O. The van der Waals surface area contributed by atoms with Gasteiger partial charge < -0.3 is 18.9 Å². The first-order valence-corrected chi connectivity index (χ1v) is 8.10. The molecule has 0 unspecified atom stereocenters. The third-order valence-corrected chi connectivity index (χ3v) is 3.05. The lowest BCUT2D eigenvalue weighted by Crippen LogP contribution is -2.35. The van der Waals surface area contributed by atoms with Crippen LogP contribution in [-0.2, 0) is 28.7 Å². The lowest BCUT2D eigenvalue weighted by Gasteiger charge is -2.16. The minimum Gasteiger partial charge on any atom is -0.465 e. The highest BCUT2D eigenvalue weighted by Crippen LogP contribution is 2.33. The zero-order valence-corrected chi connectivity index (χ0v) is 15.4. The summed E-state index contributed by atoms with van der Waals surface area (Å²) in [4.78, 5) is 59.8. The maximum absolute atomic E-state index is 12.9. The maximum Gasteiger partial charge on any atom is 0.328 e. The number of ketones is 1. The number of carbonyl (C=O) groups excluding carboxylic acids is 5. The van der Waals surface area contributed by atoms with Crippen LogP contribution in [0.2, 0.25) is 0 Å². The summed E-state index contributed by atoms with van der Waals surface area (Å²) in [5.41, 5.74) is -0.310. The fraction of sp³-hybridized carbons (Fsp3) is 0.389. The largest absolute Gasteiger partial charge is 0.465 e. The van der Waals surface area contributed by atoms with E-state index in [1.807, 2.05) is 0 Å². The van der Waals surface area contributed by atoms with Crippen LogP contribution in [0.3, 0.4) is 0 Å². The molecule has 1 aromatic carbocycles. The van der Waals surface area contributed by atoms with E-state index in [0.29, 0.717) is 0 Å². The van der Waals surface area contributed by atoms with E-state index in [9.17, 15) is 24.0 Å². The highest BCUT2D eigenvalue weighted by atomic mass is 16.6. The van der Waals surface area contributed by atoms with Gasteiger partial charge in [0.05, 0.1) is 18.8 Å². The Morgan fingerprint density at radius 2 is 1.37 bits per heavy atom. The average molecular weight is 380 g/mol. The van der Waals surface area contributed by atoms with Gasteiger partial charge in [-0.05, 0) is 26.0 Å². The summed E-state index contributed by atoms with van der Waals surface area (Å²) in [5.74, 6) is -7.25. The van der Waals surface area contributed by atoms with Gasteiger partial charge in [-0.25, -0.2) is 0 Å². The van der Waals surface area contributed by atoms with E-state index in [2.05, 4.69) is 0 Å². The average Bonchev–Trinajstić information content (AvgIpc) is 2.56. The molecule has 0 N–H and O–H groups in total. The number of para-hydroxylation sites is 1. The maximum atomic E-state index is 12.9. The second-order valence-corrected chi connectivity index (χ2v) is 5.12. The highest BCUT2D eigenvalue weighted by Gasteiger charge is 2.39. The molecule has 146 valence electrons. The minimum atomic E-state index is -1.91. The van der Waals surface area contributed by atoms with Gasteiger partial charge in [0.1, 0.15) is 0 Å². The second-order valence-electron chi connectivity index (χ2n) is 5.12. The molecule has 0 radical (unpaired) electrons. The van der Waals surface area contributed by atoms with Crippen molar-refractivity contribution in [3.63, 3.8) is 0 Å². The monoisotopic (exact) mass is 380 g/mol. The third kappa shape index (κ3) is 5.91. The highest BCUT2D eigenvalue weighted by molar-refractivity contribution is 6.22. The number of rotatable bonds is 8. The lowest BCUT2D eigenvalue weighted by atomic mass is 9.96. The molecule has 0 aliphatic carbocycles. The Hall–Kier alpha value is -3.23. The lowest BCUT2D eigenvalue weighted by molar-refractivity contribution is -0.158. The Balaban J connectivity index is 3.46. The van der Waals surface area contributed by atoms with Gasteiger partial charge in [0.25, 0.3) is 0 Å². The molecule has 0 fully saturated rings. The molecule has 9 nitrogen and oxygen atoms in total. The van der Waals surface area contributed by atoms with Gasteiger partial charge >= 0.3 is 23.9 Å². The first kappa shape index (κ1) is 21.8. The number of esters is 4. The van der Waals surface area contributed by atoms with Crippen molar-refractivity contribution >= 4 is 29.7 Å². The van der Waals surface area contributed by atoms with E-state index in [4.69, 9.17) is 18.9 Å². The summed E-state index contributed by atoms with van der Waals surface area (Å²) in [6, 6.07) is 3.85. The van der Waals surface area contributed by atoms with Crippen LogP contribution in [-0.4, -0.2) is 42.9 Å². The van der Waals surface area contributed by atoms with Crippen molar-refractivity contribution in [2.45, 2.75) is 27.7 Å². The standard InChI is InChI=1S/C18H20O9/c1-5-24-17(22)14(18(23)25-6-2)15(21)12-8-7-9-13(26-10(3)19)16(12)27-11(4)20/h7-9,14H,5-6H2,1-4H3. The van der Waals surface area contributed by atoms with Gasteiger partial charge in [0.2, 0.25) is 5.92 Å². The van der Waals surface area contributed by atoms with Gasteiger partial charge in [-0.15, -0.1) is 0 Å². The molecule has 0 aliphatic heterocycles. The van der Waals surface area contributed by atoms with Crippen LogP contribution < -0.4 is 9.47 Å². The topological polar surface area (TPSA) is 122 Å². The number of ether oxygens (including phenoxy) is 4. The number of carbonyl (C=O) groups is 5. The molecule has 0 saturated heterocycles. The summed E-state index contributed by atoms with van der Waals surface area (Å²) in [5, 5.41) is 0. The Bertz CT molecular complexity index is 733. The molecule has 1 aromatic rings. The van der Waals surface area contributed by atoms with Crippen molar-refractivity contribution in [3.05, 3.63) is 23.8 Å². The van der Waals surface area contributed by atoms with E-state index < -0.39 is 35.6 Å². The smallest absolute Gasteiger partial charge is 0.328 e. The predicted molar refractivity (Wildman–Crippen MR) is 90.1 cm³/mol. The summed E-state index contributed by atoms with van der Waals surface area (Å²) < 4.78 is 19.5. The molecule has 0 aromatic heterocycles. The number of Topliss-reactive ketones (excluding diaryl/α,β-unsaturated/α-hetero) is 1. The normalized spacial score (nSPS) is 10.1. The van der Waals surface area contributed by atoms with Crippen LogP contribution >= 0.6 is 0 Å². The Labute approximate surface area is 155 Å². The zero-order chi connectivity index (χ0) is 20.6. The van der Waals surface area contributed by atoms with Crippen LogP contribution in [0.25, 0.3) is 0 Å². The number of benzene rings is 1. The van der Waals surface area contributed by atoms with Crippen molar-refractivity contribution < 1.29 is 42.9 Å². The molecule has 0 saturated carbocycles.